The maximum Gasteiger partial charge on any atom is 0.316 e. The molecule has 0 saturated heterocycles. The highest BCUT2D eigenvalue weighted by Crippen LogP contribution is 2.29. The highest BCUT2D eigenvalue weighted by Gasteiger charge is 2.29. The third-order valence-electron chi connectivity index (χ3n) is 4.22. The molecule has 0 bridgehead atoms. The van der Waals surface area contributed by atoms with Crippen LogP contribution in [0.1, 0.15) is 44.1 Å². The van der Waals surface area contributed by atoms with Gasteiger partial charge in [-0.15, -0.1) is 0 Å². The van der Waals surface area contributed by atoms with E-state index in [9.17, 15) is 14.7 Å². The van der Waals surface area contributed by atoms with Crippen LogP contribution in [0.15, 0.2) is 30.3 Å². The van der Waals surface area contributed by atoms with Crippen LogP contribution in [-0.2, 0) is 16.1 Å². The van der Waals surface area contributed by atoms with Crippen LogP contribution in [0, 0.1) is 11.8 Å². The lowest BCUT2D eigenvalue weighted by molar-refractivity contribution is -0.148. The average Bonchev–Trinajstić information content (AvgIpc) is 2.52. The van der Waals surface area contributed by atoms with Crippen molar-refractivity contribution >= 4 is 11.9 Å². The fourth-order valence-electron chi connectivity index (χ4n) is 2.98. The molecule has 21 heavy (non-hydrogen) atoms. The van der Waals surface area contributed by atoms with Gasteiger partial charge in [-0.05, 0) is 17.9 Å². The Balaban J connectivity index is 1.87. The van der Waals surface area contributed by atoms with E-state index in [0.29, 0.717) is 18.9 Å². The summed E-state index contributed by atoms with van der Waals surface area (Å²) in [5.41, 5.74) is 0.979. The Bertz CT molecular complexity index is 466. The monoisotopic (exact) mass is 289 g/mol. The second-order valence-corrected chi connectivity index (χ2v) is 5.83. The van der Waals surface area contributed by atoms with Crippen molar-refractivity contribution < 1.29 is 14.7 Å². The number of amides is 1. The Kier molecular flexibility index (Phi) is 5.78. The average molecular weight is 289 g/mol. The summed E-state index contributed by atoms with van der Waals surface area (Å²) in [7, 11) is 0. The molecule has 1 unspecified atom stereocenters. The molecule has 1 fully saturated rings. The number of rotatable bonds is 6. The molecule has 4 heteroatoms. The second-order valence-electron chi connectivity index (χ2n) is 5.83. The molecule has 1 aromatic rings. The SMILES string of the molecule is O=C(O)C(CC1CCCCC1)C(=O)NCc1ccccc1. The Labute approximate surface area is 125 Å². The van der Waals surface area contributed by atoms with E-state index >= 15 is 0 Å². The molecule has 0 aromatic heterocycles. The fourth-order valence-corrected chi connectivity index (χ4v) is 2.98. The van der Waals surface area contributed by atoms with E-state index in [1.807, 2.05) is 30.3 Å². The molecule has 2 N–H and O–H groups in total. The van der Waals surface area contributed by atoms with Crippen molar-refractivity contribution in [3.63, 3.8) is 0 Å². The van der Waals surface area contributed by atoms with Crippen LogP contribution >= 0.6 is 0 Å². The zero-order chi connectivity index (χ0) is 15.1. The normalized spacial score (nSPS) is 17.1. The van der Waals surface area contributed by atoms with Crippen molar-refractivity contribution in [2.45, 2.75) is 45.1 Å². The second kappa shape index (κ2) is 7.81. The molecule has 1 aliphatic carbocycles. The standard InChI is InChI=1S/C17H23NO3/c19-16(18-12-14-9-5-2-6-10-14)15(17(20)21)11-13-7-3-1-4-8-13/h2,5-6,9-10,13,15H,1,3-4,7-8,11-12H2,(H,18,19)(H,20,21). The lowest BCUT2D eigenvalue weighted by Gasteiger charge is -2.24. The summed E-state index contributed by atoms with van der Waals surface area (Å²) >= 11 is 0. The third-order valence-corrected chi connectivity index (χ3v) is 4.22. The Hall–Kier alpha value is -1.84. The molecule has 1 amide bonds. The minimum Gasteiger partial charge on any atom is -0.481 e. The van der Waals surface area contributed by atoms with Gasteiger partial charge < -0.3 is 10.4 Å². The van der Waals surface area contributed by atoms with Gasteiger partial charge in [-0.2, -0.15) is 0 Å². The first kappa shape index (κ1) is 15.5. The molecule has 0 heterocycles. The summed E-state index contributed by atoms with van der Waals surface area (Å²) < 4.78 is 0. The number of aliphatic carboxylic acids is 1. The van der Waals surface area contributed by atoms with Crippen molar-refractivity contribution in [2.24, 2.45) is 11.8 Å². The van der Waals surface area contributed by atoms with E-state index in [1.54, 1.807) is 0 Å². The molecule has 2 rings (SSSR count). The summed E-state index contributed by atoms with van der Waals surface area (Å²) in [6, 6.07) is 9.54. The van der Waals surface area contributed by atoms with Gasteiger partial charge in [-0.1, -0.05) is 62.4 Å². The molecule has 1 aromatic carbocycles. The number of benzene rings is 1. The largest absolute Gasteiger partial charge is 0.481 e. The Morgan fingerprint density at radius 2 is 1.81 bits per heavy atom. The van der Waals surface area contributed by atoms with E-state index in [0.717, 1.165) is 31.2 Å². The first-order valence-corrected chi connectivity index (χ1v) is 7.71. The summed E-state index contributed by atoms with van der Waals surface area (Å²) in [5.74, 6) is -1.91. The van der Waals surface area contributed by atoms with Gasteiger partial charge in [-0.3, -0.25) is 9.59 Å². The van der Waals surface area contributed by atoms with Crippen LogP contribution < -0.4 is 5.32 Å². The molecule has 114 valence electrons. The maximum atomic E-state index is 12.1. The Morgan fingerprint density at radius 1 is 1.14 bits per heavy atom. The topological polar surface area (TPSA) is 66.4 Å². The van der Waals surface area contributed by atoms with Gasteiger partial charge in [0.05, 0.1) is 0 Å². The maximum absolute atomic E-state index is 12.1. The van der Waals surface area contributed by atoms with Crippen molar-refractivity contribution in [3.05, 3.63) is 35.9 Å². The first-order valence-electron chi connectivity index (χ1n) is 7.71. The number of carboxylic acids is 1. The number of hydrogen-bond donors (Lipinski definition) is 2. The number of carbonyl (C=O) groups excluding carboxylic acids is 1. The van der Waals surface area contributed by atoms with Crippen LogP contribution in [0.25, 0.3) is 0 Å². The van der Waals surface area contributed by atoms with Gasteiger partial charge in [0.2, 0.25) is 5.91 Å². The van der Waals surface area contributed by atoms with Crippen LogP contribution in [0.4, 0.5) is 0 Å². The van der Waals surface area contributed by atoms with Gasteiger partial charge in [0.25, 0.3) is 0 Å². The summed E-state index contributed by atoms with van der Waals surface area (Å²) in [6.07, 6.45) is 6.11. The Morgan fingerprint density at radius 3 is 2.43 bits per heavy atom. The lowest BCUT2D eigenvalue weighted by Crippen LogP contribution is -2.36. The van der Waals surface area contributed by atoms with E-state index in [-0.39, 0.29) is 5.91 Å². The van der Waals surface area contributed by atoms with Crippen molar-refractivity contribution in [1.29, 1.82) is 0 Å². The smallest absolute Gasteiger partial charge is 0.316 e. The minimum absolute atomic E-state index is 0.364. The molecule has 1 atom stereocenters. The zero-order valence-corrected chi connectivity index (χ0v) is 12.3. The van der Waals surface area contributed by atoms with Gasteiger partial charge in [0.1, 0.15) is 5.92 Å². The van der Waals surface area contributed by atoms with Crippen molar-refractivity contribution in [1.82, 2.24) is 5.32 Å². The fraction of sp³-hybridized carbons (Fsp3) is 0.529. The number of nitrogens with one attached hydrogen (secondary N) is 1. The molecule has 1 aliphatic rings. The number of carboxylic acid groups (broad SMARTS) is 1. The van der Waals surface area contributed by atoms with Crippen molar-refractivity contribution in [2.75, 3.05) is 0 Å². The molecular weight excluding hydrogens is 266 g/mol. The third kappa shape index (κ3) is 4.88. The van der Waals surface area contributed by atoms with Crippen LogP contribution in [0.2, 0.25) is 0 Å². The number of carbonyl (C=O) groups is 2. The quantitative estimate of drug-likeness (QED) is 0.791. The van der Waals surface area contributed by atoms with E-state index in [4.69, 9.17) is 0 Å². The van der Waals surface area contributed by atoms with Crippen LogP contribution in [-0.4, -0.2) is 17.0 Å². The van der Waals surface area contributed by atoms with Gasteiger partial charge in [0, 0.05) is 6.54 Å². The first-order chi connectivity index (χ1) is 10.2. The molecule has 0 radical (unpaired) electrons. The summed E-state index contributed by atoms with van der Waals surface area (Å²) in [5, 5.41) is 12.1. The molecular formula is C17H23NO3. The molecule has 0 spiro atoms. The molecule has 0 aliphatic heterocycles. The van der Waals surface area contributed by atoms with Gasteiger partial charge in [0.15, 0.2) is 0 Å². The zero-order valence-electron chi connectivity index (χ0n) is 12.3. The highest BCUT2D eigenvalue weighted by atomic mass is 16.4. The number of hydrogen-bond acceptors (Lipinski definition) is 2. The van der Waals surface area contributed by atoms with Crippen molar-refractivity contribution in [3.8, 4) is 0 Å². The predicted octanol–water partition coefficient (Wildman–Crippen LogP) is 2.97. The predicted molar refractivity (Wildman–Crippen MR) is 80.6 cm³/mol. The lowest BCUT2D eigenvalue weighted by atomic mass is 9.82. The van der Waals surface area contributed by atoms with Gasteiger partial charge >= 0.3 is 5.97 Å². The molecule has 1 saturated carbocycles. The van der Waals surface area contributed by atoms with Crippen LogP contribution in [0.3, 0.4) is 0 Å². The van der Waals surface area contributed by atoms with Gasteiger partial charge in [-0.25, -0.2) is 0 Å². The van der Waals surface area contributed by atoms with E-state index < -0.39 is 11.9 Å². The van der Waals surface area contributed by atoms with E-state index in [2.05, 4.69) is 5.32 Å². The summed E-state index contributed by atoms with van der Waals surface area (Å²) in [4.78, 5) is 23.5. The van der Waals surface area contributed by atoms with Crippen LogP contribution in [0.5, 0.6) is 0 Å². The molecule has 4 nitrogen and oxygen atoms in total. The highest BCUT2D eigenvalue weighted by molar-refractivity contribution is 5.96. The summed E-state index contributed by atoms with van der Waals surface area (Å²) in [6.45, 7) is 0.383. The minimum atomic E-state index is -1.01. The van der Waals surface area contributed by atoms with E-state index in [1.165, 1.54) is 6.42 Å².